The molecule has 1 N–H and O–H groups in total. The number of hydrogen-bond acceptors (Lipinski definition) is 3. The third kappa shape index (κ3) is 5.74. The molecular formula is C19H30N2O3. The topological polar surface area (TPSA) is 58.6 Å². The lowest BCUT2D eigenvalue weighted by molar-refractivity contribution is -0.128. The number of carbonyl (C=O) groups excluding carboxylic acids is 2. The molecule has 1 unspecified atom stereocenters. The van der Waals surface area contributed by atoms with Crippen LogP contribution in [0.3, 0.4) is 0 Å². The van der Waals surface area contributed by atoms with Gasteiger partial charge in [0.25, 0.3) is 0 Å². The number of hydrogen-bond donors (Lipinski definition) is 1. The maximum atomic E-state index is 11.9. The summed E-state index contributed by atoms with van der Waals surface area (Å²) in [6.07, 6.45) is 9.97. The molecule has 1 aliphatic heterocycles. The van der Waals surface area contributed by atoms with Crippen molar-refractivity contribution in [3.05, 3.63) is 0 Å². The highest BCUT2D eigenvalue weighted by Gasteiger charge is 2.31. The van der Waals surface area contributed by atoms with E-state index in [4.69, 9.17) is 11.2 Å². The van der Waals surface area contributed by atoms with Crippen LogP contribution in [-0.4, -0.2) is 42.1 Å². The van der Waals surface area contributed by atoms with Gasteiger partial charge in [-0.15, -0.1) is 12.3 Å². The Labute approximate surface area is 145 Å². The van der Waals surface area contributed by atoms with Gasteiger partial charge in [-0.05, 0) is 58.3 Å². The van der Waals surface area contributed by atoms with Crippen LogP contribution in [0.1, 0.15) is 52.9 Å². The highest BCUT2D eigenvalue weighted by molar-refractivity contribution is 5.79. The third-order valence-corrected chi connectivity index (χ3v) is 4.83. The predicted octanol–water partition coefficient (Wildman–Crippen LogP) is 2.80. The van der Waals surface area contributed by atoms with Crippen molar-refractivity contribution < 1.29 is 14.3 Å². The number of terminal acetylenes is 1. The summed E-state index contributed by atoms with van der Waals surface area (Å²) in [5.41, 5.74) is -0.458. The summed E-state index contributed by atoms with van der Waals surface area (Å²) in [5.74, 6) is 4.05. The van der Waals surface area contributed by atoms with Crippen LogP contribution < -0.4 is 5.32 Å². The van der Waals surface area contributed by atoms with E-state index < -0.39 is 5.60 Å². The van der Waals surface area contributed by atoms with Gasteiger partial charge in [-0.25, -0.2) is 4.79 Å². The Balaban J connectivity index is 1.66. The van der Waals surface area contributed by atoms with E-state index in [-0.39, 0.29) is 17.9 Å². The Morgan fingerprint density at radius 2 is 1.92 bits per heavy atom. The van der Waals surface area contributed by atoms with E-state index in [1.165, 1.54) is 0 Å². The molecule has 5 heteroatoms. The van der Waals surface area contributed by atoms with Crippen molar-refractivity contribution in [2.75, 3.05) is 19.6 Å². The molecule has 24 heavy (non-hydrogen) atoms. The maximum absolute atomic E-state index is 11.9. The van der Waals surface area contributed by atoms with Crippen LogP contribution in [0, 0.1) is 30.1 Å². The number of likely N-dealkylation sites (tertiary alicyclic amines) is 1. The Kier molecular flexibility index (Phi) is 6.15. The highest BCUT2D eigenvalue weighted by atomic mass is 16.6. The first-order chi connectivity index (χ1) is 11.3. The first-order valence-corrected chi connectivity index (χ1v) is 8.97. The molecule has 0 aromatic carbocycles. The molecule has 2 amide bonds. The molecule has 2 aliphatic rings. The fourth-order valence-corrected chi connectivity index (χ4v) is 3.53. The van der Waals surface area contributed by atoms with Crippen molar-refractivity contribution in [2.24, 2.45) is 17.8 Å². The molecule has 0 spiro atoms. The quantitative estimate of drug-likeness (QED) is 0.804. The molecule has 1 saturated carbocycles. The molecule has 0 aromatic rings. The summed E-state index contributed by atoms with van der Waals surface area (Å²) in [4.78, 5) is 25.6. The van der Waals surface area contributed by atoms with Crippen molar-refractivity contribution in [3.8, 4) is 12.3 Å². The van der Waals surface area contributed by atoms with Gasteiger partial charge in [0.2, 0.25) is 5.91 Å². The molecule has 5 nitrogen and oxygen atoms in total. The molecular weight excluding hydrogens is 304 g/mol. The minimum absolute atomic E-state index is 0.0897. The van der Waals surface area contributed by atoms with Crippen molar-refractivity contribution >= 4 is 12.0 Å². The Morgan fingerprint density at radius 3 is 2.46 bits per heavy atom. The lowest BCUT2D eigenvalue weighted by Gasteiger charge is -2.31. The Bertz CT molecular complexity index is 496. The van der Waals surface area contributed by atoms with Crippen molar-refractivity contribution in [3.63, 3.8) is 0 Å². The maximum Gasteiger partial charge on any atom is 0.407 e. The standard InChI is InChI=1S/C19H30N2O3/c1-5-14-10-17(22)21(12-14)13-16-8-6-15(7-9-16)11-20-18(23)24-19(2,3)4/h1,14-16H,6-13H2,2-4H3,(H,20,23). The summed E-state index contributed by atoms with van der Waals surface area (Å²) in [5, 5.41) is 2.87. The van der Waals surface area contributed by atoms with Gasteiger partial charge >= 0.3 is 6.09 Å². The molecule has 1 heterocycles. The summed E-state index contributed by atoms with van der Waals surface area (Å²) < 4.78 is 5.26. The molecule has 2 rings (SSSR count). The number of carbonyl (C=O) groups is 2. The number of ether oxygens (including phenoxy) is 1. The lowest BCUT2D eigenvalue weighted by atomic mass is 9.81. The van der Waals surface area contributed by atoms with Gasteiger partial charge in [-0.1, -0.05) is 0 Å². The van der Waals surface area contributed by atoms with Crippen LogP contribution in [0.25, 0.3) is 0 Å². The van der Waals surface area contributed by atoms with Gasteiger partial charge in [0, 0.05) is 32.0 Å². The van der Waals surface area contributed by atoms with Gasteiger partial charge in [-0.3, -0.25) is 4.79 Å². The van der Waals surface area contributed by atoms with Gasteiger partial charge in [0.15, 0.2) is 0 Å². The van der Waals surface area contributed by atoms with Crippen LogP contribution in [0.2, 0.25) is 0 Å². The highest BCUT2D eigenvalue weighted by Crippen LogP contribution is 2.30. The second-order valence-electron chi connectivity index (χ2n) is 8.14. The van der Waals surface area contributed by atoms with Crippen LogP contribution in [0.5, 0.6) is 0 Å². The van der Waals surface area contributed by atoms with Crippen LogP contribution in [0.4, 0.5) is 4.79 Å². The predicted molar refractivity (Wildman–Crippen MR) is 93.2 cm³/mol. The minimum atomic E-state index is -0.458. The molecule has 1 atom stereocenters. The van der Waals surface area contributed by atoms with E-state index in [0.717, 1.165) is 38.8 Å². The van der Waals surface area contributed by atoms with E-state index in [1.54, 1.807) is 0 Å². The number of nitrogens with zero attached hydrogens (tertiary/aromatic N) is 1. The summed E-state index contributed by atoms with van der Waals surface area (Å²) in [6, 6.07) is 0. The fourth-order valence-electron chi connectivity index (χ4n) is 3.53. The summed E-state index contributed by atoms with van der Waals surface area (Å²) in [6.45, 7) is 7.81. The molecule has 0 aromatic heterocycles. The number of amides is 2. The third-order valence-electron chi connectivity index (χ3n) is 4.83. The number of rotatable bonds is 4. The Morgan fingerprint density at radius 1 is 1.29 bits per heavy atom. The van der Waals surface area contributed by atoms with Crippen molar-refractivity contribution in [1.82, 2.24) is 10.2 Å². The van der Waals surface area contributed by atoms with Gasteiger partial charge < -0.3 is 15.0 Å². The zero-order valence-corrected chi connectivity index (χ0v) is 15.1. The molecule has 2 fully saturated rings. The van der Waals surface area contributed by atoms with Crippen molar-refractivity contribution in [2.45, 2.75) is 58.5 Å². The zero-order chi connectivity index (χ0) is 17.7. The van der Waals surface area contributed by atoms with Gasteiger partial charge in [-0.2, -0.15) is 0 Å². The second kappa shape index (κ2) is 7.92. The molecule has 0 radical (unpaired) electrons. The lowest BCUT2D eigenvalue weighted by Crippen LogP contribution is -2.37. The number of nitrogens with one attached hydrogen (secondary N) is 1. The smallest absolute Gasteiger partial charge is 0.407 e. The van der Waals surface area contributed by atoms with Crippen LogP contribution in [-0.2, 0) is 9.53 Å². The zero-order valence-electron chi connectivity index (χ0n) is 15.1. The molecule has 0 bridgehead atoms. The monoisotopic (exact) mass is 334 g/mol. The van der Waals surface area contributed by atoms with Gasteiger partial charge in [0.05, 0.1) is 0 Å². The molecule has 1 aliphatic carbocycles. The van der Waals surface area contributed by atoms with Gasteiger partial charge in [0.1, 0.15) is 5.60 Å². The SMILES string of the molecule is C#CC1CC(=O)N(CC2CCC(CNC(=O)OC(C)(C)C)CC2)C1. The summed E-state index contributed by atoms with van der Waals surface area (Å²) in [7, 11) is 0. The number of alkyl carbamates (subject to hydrolysis) is 1. The van der Waals surface area contributed by atoms with Crippen molar-refractivity contribution in [1.29, 1.82) is 0 Å². The second-order valence-corrected chi connectivity index (χ2v) is 8.14. The Hall–Kier alpha value is -1.70. The summed E-state index contributed by atoms with van der Waals surface area (Å²) >= 11 is 0. The van der Waals surface area contributed by atoms with E-state index in [2.05, 4.69) is 11.2 Å². The average Bonchev–Trinajstić information content (AvgIpc) is 2.85. The van der Waals surface area contributed by atoms with E-state index >= 15 is 0 Å². The first kappa shape index (κ1) is 18.6. The largest absolute Gasteiger partial charge is 0.444 e. The van der Waals surface area contributed by atoms with E-state index in [9.17, 15) is 9.59 Å². The first-order valence-electron chi connectivity index (χ1n) is 8.97. The molecule has 134 valence electrons. The van der Waals surface area contributed by atoms with E-state index in [1.807, 2.05) is 25.7 Å². The average molecular weight is 334 g/mol. The van der Waals surface area contributed by atoms with E-state index in [0.29, 0.717) is 24.8 Å². The normalized spacial score (nSPS) is 27.7. The van der Waals surface area contributed by atoms with Crippen LogP contribution >= 0.6 is 0 Å². The minimum Gasteiger partial charge on any atom is -0.444 e. The van der Waals surface area contributed by atoms with Crippen LogP contribution in [0.15, 0.2) is 0 Å². The fraction of sp³-hybridized carbons (Fsp3) is 0.789. The molecule has 1 saturated heterocycles.